The first-order valence-electron chi connectivity index (χ1n) is 17.4. The first-order valence-corrected chi connectivity index (χ1v) is 17.4. The monoisotopic (exact) mass is 700 g/mol. The maximum Gasteiger partial charge on any atom is 0.338 e. The molecule has 0 saturated carbocycles. The van der Waals surface area contributed by atoms with Crippen LogP contribution in [0.3, 0.4) is 0 Å². The summed E-state index contributed by atoms with van der Waals surface area (Å²) in [6.07, 6.45) is -5.48. The summed E-state index contributed by atoms with van der Waals surface area (Å²) in [4.78, 5) is 27.5. The Kier molecular flexibility index (Phi) is 10.6. The second-order valence-corrected chi connectivity index (χ2v) is 12.6. The van der Waals surface area contributed by atoms with Crippen molar-refractivity contribution >= 4 is 11.9 Å². The van der Waals surface area contributed by atoms with Crippen molar-refractivity contribution in [2.24, 2.45) is 0 Å². The highest BCUT2D eigenvalue weighted by Gasteiger charge is 2.60. The number of esters is 2. The quantitative estimate of drug-likeness (QED) is 0.0981. The largest absolute Gasteiger partial charge is 0.452 e. The molecule has 5 aromatic rings. The standard InChI is InChI=1S/C43H40O9/c1-3-46-42(2)51-38-37(50-40(45)31-21-11-5-12-22-31)36(49-39(44)30-19-9-4-10-20-30)35(48-41(38)52-42)29-47-43(32-23-13-6-14-24-32,33-25-15-7-16-26-33)34-27-17-8-18-28-34/h4-28,35-38,41H,3,29H2,1-2H3/t35-,36+,37+,38-,41+,42+/m0/s1. The molecule has 7 rings (SSSR count). The van der Waals surface area contributed by atoms with Crippen LogP contribution in [0, 0.1) is 0 Å². The molecule has 0 radical (unpaired) electrons. The first-order chi connectivity index (χ1) is 25.4. The predicted octanol–water partition coefficient (Wildman–Crippen LogP) is 7.30. The molecule has 0 amide bonds. The van der Waals surface area contributed by atoms with Crippen LogP contribution >= 0.6 is 0 Å². The summed E-state index contributed by atoms with van der Waals surface area (Å²) in [5.41, 5.74) is 2.11. The highest BCUT2D eigenvalue weighted by molar-refractivity contribution is 5.90. The molecule has 2 heterocycles. The van der Waals surface area contributed by atoms with E-state index in [0.29, 0.717) is 11.1 Å². The van der Waals surface area contributed by atoms with Gasteiger partial charge in [0.1, 0.15) is 11.7 Å². The van der Waals surface area contributed by atoms with E-state index in [1.165, 1.54) is 0 Å². The first kappa shape index (κ1) is 35.3. The van der Waals surface area contributed by atoms with Crippen molar-refractivity contribution in [1.29, 1.82) is 0 Å². The number of rotatable bonds is 12. The van der Waals surface area contributed by atoms with Gasteiger partial charge in [0.15, 0.2) is 24.6 Å². The van der Waals surface area contributed by atoms with Crippen LogP contribution in [-0.2, 0) is 38.8 Å². The fraction of sp³-hybridized carbons (Fsp3) is 0.256. The molecule has 0 aliphatic carbocycles. The lowest BCUT2D eigenvalue weighted by atomic mass is 9.80. The van der Waals surface area contributed by atoms with Gasteiger partial charge in [0.05, 0.1) is 17.7 Å². The van der Waals surface area contributed by atoms with Crippen LogP contribution in [-0.4, -0.2) is 61.8 Å². The van der Waals surface area contributed by atoms with Crippen molar-refractivity contribution in [3.63, 3.8) is 0 Å². The van der Waals surface area contributed by atoms with Gasteiger partial charge in [-0.25, -0.2) is 9.59 Å². The molecule has 0 aromatic heterocycles. The van der Waals surface area contributed by atoms with Crippen LogP contribution in [0.15, 0.2) is 152 Å². The van der Waals surface area contributed by atoms with Gasteiger partial charge in [0.25, 0.3) is 5.97 Å². The number of carbonyl (C=O) groups excluding carboxylic acids is 2. The van der Waals surface area contributed by atoms with E-state index in [1.54, 1.807) is 67.6 Å². The molecule has 2 saturated heterocycles. The zero-order chi connectivity index (χ0) is 36.0. The summed E-state index contributed by atoms with van der Waals surface area (Å²) in [5, 5.41) is 0. The summed E-state index contributed by atoms with van der Waals surface area (Å²) < 4.78 is 44.5. The fourth-order valence-corrected chi connectivity index (χ4v) is 6.83. The van der Waals surface area contributed by atoms with Gasteiger partial charge in [-0.2, -0.15) is 0 Å². The number of benzene rings is 5. The van der Waals surface area contributed by atoms with Crippen molar-refractivity contribution < 1.29 is 42.7 Å². The molecule has 266 valence electrons. The summed E-state index contributed by atoms with van der Waals surface area (Å²) in [6.45, 7) is 3.58. The van der Waals surface area contributed by atoms with Crippen LogP contribution in [0.4, 0.5) is 0 Å². The third kappa shape index (κ3) is 7.27. The minimum Gasteiger partial charge on any atom is -0.452 e. The van der Waals surface area contributed by atoms with Crippen LogP contribution in [0.25, 0.3) is 0 Å². The van der Waals surface area contributed by atoms with E-state index in [9.17, 15) is 9.59 Å². The Hall–Kier alpha value is -5.16. The van der Waals surface area contributed by atoms with E-state index in [1.807, 2.05) is 97.9 Å². The van der Waals surface area contributed by atoms with Crippen molar-refractivity contribution in [2.45, 2.75) is 56.1 Å². The SMILES string of the molecule is CCO[C@@]1(C)O[C@H]2O[C@@H](COC(c3ccccc3)(c3ccccc3)c3ccccc3)[C@@H](OC(=O)c3ccccc3)[C@@H](OC(=O)c3ccccc3)[C@@H]2O1. The molecule has 0 N–H and O–H groups in total. The van der Waals surface area contributed by atoms with Crippen LogP contribution in [0.1, 0.15) is 51.3 Å². The van der Waals surface area contributed by atoms with Crippen LogP contribution < -0.4 is 0 Å². The molecule has 0 bridgehead atoms. The lowest BCUT2D eigenvalue weighted by Gasteiger charge is -2.43. The average Bonchev–Trinajstić information content (AvgIpc) is 3.53. The maximum atomic E-state index is 13.8. The minimum absolute atomic E-state index is 0.122. The van der Waals surface area contributed by atoms with Gasteiger partial charge in [0, 0.05) is 13.5 Å². The molecule has 0 spiro atoms. The summed E-state index contributed by atoms with van der Waals surface area (Å²) in [5.74, 6) is -2.79. The second kappa shape index (κ2) is 15.6. The number of hydrogen-bond acceptors (Lipinski definition) is 9. The third-order valence-corrected chi connectivity index (χ3v) is 9.19. The Morgan fingerprint density at radius 1 is 0.615 bits per heavy atom. The molecule has 2 aliphatic rings. The van der Waals surface area contributed by atoms with E-state index in [0.717, 1.165) is 16.7 Å². The van der Waals surface area contributed by atoms with Gasteiger partial charge in [-0.05, 0) is 47.9 Å². The predicted molar refractivity (Wildman–Crippen MR) is 191 cm³/mol. The molecular weight excluding hydrogens is 660 g/mol. The lowest BCUT2D eigenvalue weighted by Crippen LogP contribution is -2.61. The Bertz CT molecular complexity index is 1810. The minimum atomic E-state index is -1.52. The third-order valence-electron chi connectivity index (χ3n) is 9.19. The zero-order valence-electron chi connectivity index (χ0n) is 28.9. The van der Waals surface area contributed by atoms with Crippen molar-refractivity contribution in [1.82, 2.24) is 0 Å². The van der Waals surface area contributed by atoms with E-state index in [4.69, 9.17) is 33.2 Å². The highest BCUT2D eigenvalue weighted by Crippen LogP contribution is 2.43. The molecular formula is C43H40O9. The molecule has 2 fully saturated rings. The number of carbonyl (C=O) groups is 2. The van der Waals surface area contributed by atoms with E-state index in [2.05, 4.69) is 0 Å². The van der Waals surface area contributed by atoms with Gasteiger partial charge in [-0.15, -0.1) is 0 Å². The fourth-order valence-electron chi connectivity index (χ4n) is 6.83. The Morgan fingerprint density at radius 2 is 1.04 bits per heavy atom. The van der Waals surface area contributed by atoms with Gasteiger partial charge < -0.3 is 28.4 Å². The summed E-state index contributed by atoms with van der Waals surface area (Å²) in [6, 6.07) is 46.9. The van der Waals surface area contributed by atoms with Crippen molar-refractivity contribution in [3.8, 4) is 0 Å². The Morgan fingerprint density at radius 3 is 1.48 bits per heavy atom. The Labute approximate surface area is 303 Å². The van der Waals surface area contributed by atoms with E-state index in [-0.39, 0.29) is 13.2 Å². The van der Waals surface area contributed by atoms with Crippen LogP contribution in [0.5, 0.6) is 0 Å². The number of fused-ring (bicyclic) bond motifs is 1. The molecule has 9 nitrogen and oxygen atoms in total. The molecule has 5 aromatic carbocycles. The Balaban J connectivity index is 1.31. The smallest absolute Gasteiger partial charge is 0.338 e. The normalized spacial score (nSPS) is 24.1. The van der Waals surface area contributed by atoms with Gasteiger partial charge >= 0.3 is 11.9 Å². The van der Waals surface area contributed by atoms with Crippen LogP contribution in [0.2, 0.25) is 0 Å². The lowest BCUT2D eigenvalue weighted by molar-refractivity contribution is -0.343. The molecule has 0 unspecified atom stereocenters. The van der Waals surface area contributed by atoms with Gasteiger partial charge in [0.2, 0.25) is 0 Å². The topological polar surface area (TPSA) is 98.8 Å². The zero-order valence-corrected chi connectivity index (χ0v) is 28.9. The van der Waals surface area contributed by atoms with E-state index < -0.39 is 54.2 Å². The number of ether oxygens (including phenoxy) is 7. The number of hydrogen-bond donors (Lipinski definition) is 0. The average molecular weight is 701 g/mol. The second-order valence-electron chi connectivity index (χ2n) is 12.6. The summed E-state index contributed by atoms with van der Waals surface area (Å²) >= 11 is 0. The summed E-state index contributed by atoms with van der Waals surface area (Å²) in [7, 11) is 0. The van der Waals surface area contributed by atoms with Crippen molar-refractivity contribution in [3.05, 3.63) is 179 Å². The van der Waals surface area contributed by atoms with Gasteiger partial charge in [-0.3, -0.25) is 4.74 Å². The molecule has 9 heteroatoms. The van der Waals surface area contributed by atoms with E-state index >= 15 is 0 Å². The van der Waals surface area contributed by atoms with Gasteiger partial charge in [-0.1, -0.05) is 127 Å². The molecule has 2 aliphatic heterocycles. The highest BCUT2D eigenvalue weighted by atomic mass is 16.9. The molecule has 6 atom stereocenters. The molecule has 52 heavy (non-hydrogen) atoms. The maximum absolute atomic E-state index is 13.8. The van der Waals surface area contributed by atoms with Crippen molar-refractivity contribution in [2.75, 3.05) is 13.2 Å².